The molecule has 0 saturated heterocycles. The molecule has 0 bridgehead atoms. The molecule has 6 rings (SSSR count). The summed E-state index contributed by atoms with van der Waals surface area (Å²) >= 11 is 2.80. The molecule has 1 atom stereocenters. The summed E-state index contributed by atoms with van der Waals surface area (Å²) in [5, 5.41) is 18.8. The molecule has 1 aliphatic heterocycles. The van der Waals surface area contributed by atoms with E-state index in [9.17, 15) is 19.6 Å². The fourth-order valence-electron chi connectivity index (χ4n) is 6.01. The van der Waals surface area contributed by atoms with Gasteiger partial charge >= 0.3 is 0 Å². The molecule has 3 N–H and O–H groups in total. The average Bonchev–Trinajstić information content (AvgIpc) is 3.54. The molecule has 0 saturated carbocycles. The minimum absolute atomic E-state index is 0.0111. The lowest BCUT2D eigenvalue weighted by molar-refractivity contribution is -0.115. The van der Waals surface area contributed by atoms with E-state index in [4.69, 9.17) is 9.47 Å². The topological polar surface area (TPSA) is 133 Å². The van der Waals surface area contributed by atoms with Crippen molar-refractivity contribution in [2.45, 2.75) is 36.6 Å². The number of hydrogen-bond donors (Lipinski definition) is 3. The van der Waals surface area contributed by atoms with Crippen LogP contribution in [0.2, 0.25) is 0 Å². The summed E-state index contributed by atoms with van der Waals surface area (Å²) in [6.45, 7) is 4.19. The molecule has 2 heterocycles. The lowest BCUT2D eigenvalue weighted by Gasteiger charge is -2.26. The van der Waals surface area contributed by atoms with Gasteiger partial charge in [0.15, 0.2) is 11.5 Å². The number of benzene rings is 4. The number of ether oxygens (including phenoxy) is 2. The third-order valence-electron chi connectivity index (χ3n) is 8.75. The van der Waals surface area contributed by atoms with Crippen molar-refractivity contribution in [3.05, 3.63) is 142 Å². The molecule has 54 heavy (non-hydrogen) atoms. The van der Waals surface area contributed by atoms with Crippen molar-refractivity contribution in [3.8, 4) is 17.6 Å². The zero-order valence-corrected chi connectivity index (χ0v) is 31.7. The lowest BCUT2D eigenvalue weighted by Crippen LogP contribution is -2.30. The van der Waals surface area contributed by atoms with Crippen molar-refractivity contribution in [1.29, 1.82) is 5.26 Å². The lowest BCUT2D eigenvalue weighted by atomic mass is 10.0. The number of anilines is 2. The molecule has 1 aliphatic rings. The summed E-state index contributed by atoms with van der Waals surface area (Å²) < 4.78 is 10.8. The Labute approximate surface area is 322 Å². The predicted octanol–water partition coefficient (Wildman–Crippen LogP) is 7.72. The van der Waals surface area contributed by atoms with E-state index in [0.717, 1.165) is 41.4 Å². The van der Waals surface area contributed by atoms with Crippen molar-refractivity contribution >= 4 is 57.6 Å². The minimum atomic E-state index is -0.546. The Morgan fingerprint density at radius 3 is 2.39 bits per heavy atom. The van der Waals surface area contributed by atoms with Gasteiger partial charge in [0.25, 0.3) is 11.8 Å². The Kier molecular flexibility index (Phi) is 12.5. The summed E-state index contributed by atoms with van der Waals surface area (Å²) in [5.74, 6) is -0.227. The minimum Gasteiger partial charge on any atom is -0.493 e. The Morgan fingerprint density at radius 1 is 0.926 bits per heavy atom. The Morgan fingerprint density at radius 2 is 1.67 bits per heavy atom. The van der Waals surface area contributed by atoms with E-state index in [1.807, 2.05) is 24.3 Å². The average molecular weight is 758 g/mol. The first-order valence-electron chi connectivity index (χ1n) is 17.2. The highest BCUT2D eigenvalue weighted by Crippen LogP contribution is 2.38. The number of thioether (sulfide) groups is 1. The highest BCUT2D eigenvalue weighted by molar-refractivity contribution is 8.00. The van der Waals surface area contributed by atoms with Crippen LogP contribution in [0.15, 0.2) is 114 Å². The van der Waals surface area contributed by atoms with Gasteiger partial charge in [0.05, 0.1) is 25.0 Å². The van der Waals surface area contributed by atoms with Gasteiger partial charge in [-0.3, -0.25) is 19.3 Å². The van der Waals surface area contributed by atoms with Gasteiger partial charge in [0, 0.05) is 40.7 Å². The van der Waals surface area contributed by atoms with Crippen LogP contribution in [0.3, 0.4) is 0 Å². The van der Waals surface area contributed by atoms with Crippen molar-refractivity contribution in [2.75, 3.05) is 31.4 Å². The number of nitrogens with one attached hydrogen (secondary N) is 3. The fourth-order valence-corrected chi connectivity index (χ4v) is 8.18. The molecule has 1 aromatic heterocycles. The van der Waals surface area contributed by atoms with Gasteiger partial charge < -0.3 is 25.4 Å². The van der Waals surface area contributed by atoms with E-state index in [1.165, 1.54) is 42.9 Å². The molecule has 4 aromatic carbocycles. The van der Waals surface area contributed by atoms with Gasteiger partial charge in [-0.25, -0.2) is 0 Å². The third-order valence-corrected chi connectivity index (χ3v) is 11.0. The molecule has 0 spiro atoms. The highest BCUT2D eigenvalue weighted by atomic mass is 32.2. The van der Waals surface area contributed by atoms with Crippen LogP contribution in [-0.4, -0.2) is 48.6 Å². The summed E-state index contributed by atoms with van der Waals surface area (Å²) in [6, 6.07) is 33.6. The summed E-state index contributed by atoms with van der Waals surface area (Å²) in [4.78, 5) is 44.5. The Balaban J connectivity index is 1.13. The molecule has 274 valence electrons. The van der Waals surface area contributed by atoms with Crippen molar-refractivity contribution in [3.63, 3.8) is 0 Å². The molecule has 1 unspecified atom stereocenters. The van der Waals surface area contributed by atoms with Crippen LogP contribution in [0.4, 0.5) is 10.7 Å². The number of carbonyl (C=O) groups is 3. The monoisotopic (exact) mass is 757 g/mol. The Bertz CT molecular complexity index is 2220. The SMILES string of the molecule is COc1ccc(/C=C(/NC(=O)c2ccccc2)C(=O)Nc2cccc(SC(C)C(=O)Nc3sc4c(c3C#N)CCN(Cc3ccccc3)C4)c2)cc1OC. The molecular weight excluding hydrogens is 719 g/mol. The first kappa shape index (κ1) is 37.9. The van der Waals surface area contributed by atoms with E-state index in [0.29, 0.717) is 38.9 Å². The first-order valence-corrected chi connectivity index (χ1v) is 18.9. The van der Waals surface area contributed by atoms with E-state index in [1.54, 1.807) is 79.7 Å². The number of thiophene rings is 1. The van der Waals surface area contributed by atoms with Gasteiger partial charge in [-0.15, -0.1) is 23.1 Å². The van der Waals surface area contributed by atoms with Gasteiger partial charge in [-0.05, 0) is 78.6 Å². The van der Waals surface area contributed by atoms with E-state index in [-0.39, 0.29) is 11.6 Å². The summed E-state index contributed by atoms with van der Waals surface area (Å²) in [6.07, 6.45) is 2.31. The number of rotatable bonds is 13. The number of hydrogen-bond acceptors (Lipinski definition) is 9. The molecular formula is C42H39N5O5S2. The number of methoxy groups -OCH3 is 2. The van der Waals surface area contributed by atoms with E-state index < -0.39 is 17.1 Å². The van der Waals surface area contributed by atoms with Crippen LogP contribution < -0.4 is 25.4 Å². The number of carbonyl (C=O) groups excluding carboxylic acids is 3. The molecule has 10 nitrogen and oxygen atoms in total. The fraction of sp³-hybridized carbons (Fsp3) is 0.190. The zero-order chi connectivity index (χ0) is 38.0. The van der Waals surface area contributed by atoms with Crippen LogP contribution in [0.5, 0.6) is 11.5 Å². The third kappa shape index (κ3) is 9.37. The van der Waals surface area contributed by atoms with Gasteiger partial charge in [0.2, 0.25) is 5.91 Å². The molecule has 12 heteroatoms. The second-order valence-electron chi connectivity index (χ2n) is 12.5. The number of nitriles is 1. The van der Waals surface area contributed by atoms with Crippen molar-refractivity contribution < 1.29 is 23.9 Å². The number of fused-ring (bicyclic) bond motifs is 1. The molecule has 0 radical (unpaired) electrons. The maximum absolute atomic E-state index is 13.7. The zero-order valence-electron chi connectivity index (χ0n) is 30.1. The second-order valence-corrected chi connectivity index (χ2v) is 15.0. The maximum Gasteiger partial charge on any atom is 0.272 e. The van der Waals surface area contributed by atoms with E-state index >= 15 is 0 Å². The van der Waals surface area contributed by atoms with Crippen LogP contribution in [0.25, 0.3) is 6.08 Å². The summed E-state index contributed by atoms with van der Waals surface area (Å²) in [7, 11) is 3.05. The highest BCUT2D eigenvalue weighted by Gasteiger charge is 2.27. The van der Waals surface area contributed by atoms with Gasteiger partial charge in [-0.2, -0.15) is 5.26 Å². The van der Waals surface area contributed by atoms with Crippen LogP contribution in [-0.2, 0) is 29.1 Å². The quantitative estimate of drug-likeness (QED) is 0.0822. The normalized spacial score (nSPS) is 13.2. The first-order chi connectivity index (χ1) is 26.2. The Hall–Kier alpha value is -5.87. The van der Waals surface area contributed by atoms with Gasteiger partial charge in [0.1, 0.15) is 16.8 Å². The number of amides is 3. The molecule has 0 aliphatic carbocycles. The van der Waals surface area contributed by atoms with Crippen LogP contribution in [0, 0.1) is 11.3 Å². The standard InChI is InChI=1S/C42H39N5O5S2/c1-27(39(48)46-42-34(24-43)33-19-20-47(26-38(33)54-42)25-28-11-6-4-7-12-28)53-32-16-10-15-31(23-32)44-41(50)35(45-40(49)30-13-8-5-9-14-30)21-29-17-18-36(51-2)37(22-29)52-3/h4-18,21-23,27H,19-20,25-26H2,1-3H3,(H,44,50)(H,45,49)(H,46,48)/b35-21+. The smallest absolute Gasteiger partial charge is 0.272 e. The summed E-state index contributed by atoms with van der Waals surface area (Å²) in [5.41, 5.74) is 4.28. The molecule has 3 amide bonds. The van der Waals surface area contributed by atoms with Crippen LogP contribution in [0.1, 0.15) is 44.4 Å². The second kappa shape index (κ2) is 17.8. The van der Waals surface area contributed by atoms with Gasteiger partial charge in [-0.1, -0.05) is 60.7 Å². The van der Waals surface area contributed by atoms with Crippen LogP contribution >= 0.6 is 23.1 Å². The van der Waals surface area contributed by atoms with E-state index in [2.05, 4.69) is 39.1 Å². The number of nitrogens with zero attached hydrogens (tertiary/aromatic N) is 2. The predicted molar refractivity (Wildman–Crippen MR) is 214 cm³/mol. The van der Waals surface area contributed by atoms with Crippen molar-refractivity contribution in [2.24, 2.45) is 0 Å². The van der Waals surface area contributed by atoms with Crippen molar-refractivity contribution in [1.82, 2.24) is 10.2 Å². The molecule has 0 fully saturated rings. The largest absolute Gasteiger partial charge is 0.493 e. The molecule has 5 aromatic rings. The maximum atomic E-state index is 13.7.